The Morgan fingerprint density at radius 1 is 1.12 bits per heavy atom. The molecule has 6 rings (SSSR count). The number of aromatic nitrogens is 2. The van der Waals surface area contributed by atoms with E-state index in [0.717, 1.165) is 42.9 Å². The van der Waals surface area contributed by atoms with Gasteiger partial charge in [-0.05, 0) is 49.3 Å². The van der Waals surface area contributed by atoms with Crippen LogP contribution in [0.5, 0.6) is 6.01 Å². The number of ether oxygens (including phenoxy) is 2. The third-order valence-electron chi connectivity index (χ3n) is 8.21. The highest BCUT2D eigenvalue weighted by Crippen LogP contribution is 2.36. The highest BCUT2D eigenvalue weighted by Gasteiger charge is 2.33. The van der Waals surface area contributed by atoms with Crippen LogP contribution in [0.15, 0.2) is 49.1 Å². The van der Waals surface area contributed by atoms with E-state index in [1.165, 1.54) is 28.1 Å². The number of carbonyl (C=O) groups excluding carboxylic acids is 1. The number of hydrogen-bond acceptors (Lipinski definition) is 8. The molecule has 1 amide bonds. The molecule has 1 aliphatic carbocycles. The summed E-state index contributed by atoms with van der Waals surface area (Å²) < 4.78 is 11.8. The highest BCUT2D eigenvalue weighted by atomic mass is 16.5. The summed E-state index contributed by atoms with van der Waals surface area (Å²) in [4.78, 5) is 28.6. The van der Waals surface area contributed by atoms with Gasteiger partial charge in [0.2, 0.25) is 5.91 Å². The SMILES string of the molecule is C=CC(=O)N1CCN(c2nc(OCCOC3CC3)nc3c2CCN(c2cccc4cccc(C)c24)C3)CC1CC#N. The van der Waals surface area contributed by atoms with Gasteiger partial charge in [-0.2, -0.15) is 15.2 Å². The molecule has 0 radical (unpaired) electrons. The van der Waals surface area contributed by atoms with Crippen molar-refractivity contribution in [1.29, 1.82) is 5.26 Å². The van der Waals surface area contributed by atoms with Gasteiger partial charge in [-0.3, -0.25) is 4.79 Å². The minimum atomic E-state index is -0.236. The smallest absolute Gasteiger partial charge is 0.318 e. The number of aryl methyl sites for hydroxylation is 1. The van der Waals surface area contributed by atoms with Crippen molar-refractivity contribution >= 4 is 28.2 Å². The molecular weight excluding hydrogens is 516 g/mol. The zero-order valence-corrected chi connectivity index (χ0v) is 23.6. The van der Waals surface area contributed by atoms with Gasteiger partial charge in [-0.25, -0.2) is 0 Å². The molecular formula is C32H36N6O3. The molecule has 9 nitrogen and oxygen atoms in total. The quantitative estimate of drug-likeness (QED) is 0.288. The summed E-state index contributed by atoms with van der Waals surface area (Å²) in [5, 5.41) is 12.0. The van der Waals surface area contributed by atoms with Crippen molar-refractivity contribution in [3.05, 3.63) is 65.9 Å². The molecule has 2 fully saturated rings. The van der Waals surface area contributed by atoms with E-state index < -0.39 is 0 Å². The second kappa shape index (κ2) is 11.8. The molecule has 41 heavy (non-hydrogen) atoms. The first-order valence-electron chi connectivity index (χ1n) is 14.5. The van der Waals surface area contributed by atoms with Crippen molar-refractivity contribution < 1.29 is 14.3 Å². The molecule has 1 atom stereocenters. The van der Waals surface area contributed by atoms with Crippen LogP contribution in [0.1, 0.15) is 36.1 Å². The number of piperazine rings is 1. The number of rotatable bonds is 9. The van der Waals surface area contributed by atoms with Crippen molar-refractivity contribution in [2.45, 2.75) is 51.3 Å². The summed E-state index contributed by atoms with van der Waals surface area (Å²) in [5.74, 6) is 0.700. The molecule has 2 aliphatic heterocycles. The number of nitrogens with zero attached hydrogens (tertiary/aromatic N) is 6. The molecule has 212 valence electrons. The Labute approximate surface area is 241 Å². The minimum Gasteiger partial charge on any atom is -0.461 e. The summed E-state index contributed by atoms with van der Waals surface area (Å²) in [6.07, 6.45) is 4.96. The highest BCUT2D eigenvalue weighted by molar-refractivity contribution is 5.97. The number of anilines is 2. The number of fused-ring (bicyclic) bond motifs is 2. The molecule has 2 aromatic carbocycles. The number of nitriles is 1. The maximum atomic E-state index is 12.5. The lowest BCUT2D eigenvalue weighted by Crippen LogP contribution is -2.55. The first-order valence-corrected chi connectivity index (χ1v) is 14.5. The predicted octanol–water partition coefficient (Wildman–Crippen LogP) is 4.18. The fourth-order valence-electron chi connectivity index (χ4n) is 6.01. The Bertz CT molecular complexity index is 1490. The van der Waals surface area contributed by atoms with Gasteiger partial charge >= 0.3 is 6.01 Å². The molecule has 3 heterocycles. The number of amides is 1. The third kappa shape index (κ3) is 5.70. The molecule has 1 saturated carbocycles. The lowest BCUT2D eigenvalue weighted by atomic mass is 9.99. The molecule has 3 aliphatic rings. The Morgan fingerprint density at radius 2 is 1.95 bits per heavy atom. The first-order chi connectivity index (χ1) is 20.1. The Balaban J connectivity index is 1.31. The van der Waals surface area contributed by atoms with E-state index in [1.807, 2.05) is 0 Å². The summed E-state index contributed by atoms with van der Waals surface area (Å²) >= 11 is 0. The molecule has 0 spiro atoms. The fraction of sp³-hybridized carbons (Fsp3) is 0.438. The largest absolute Gasteiger partial charge is 0.461 e. The van der Waals surface area contributed by atoms with Crippen LogP contribution in [0.4, 0.5) is 11.5 Å². The Morgan fingerprint density at radius 3 is 2.73 bits per heavy atom. The van der Waals surface area contributed by atoms with E-state index in [2.05, 4.69) is 65.8 Å². The van der Waals surface area contributed by atoms with Gasteiger partial charge in [0.1, 0.15) is 12.4 Å². The molecule has 1 saturated heterocycles. The van der Waals surface area contributed by atoms with E-state index in [1.54, 1.807) is 4.90 Å². The normalized spacial score (nSPS) is 18.6. The molecule has 9 heteroatoms. The summed E-state index contributed by atoms with van der Waals surface area (Å²) in [5.41, 5.74) is 4.52. The van der Waals surface area contributed by atoms with Crippen molar-refractivity contribution in [2.24, 2.45) is 0 Å². The van der Waals surface area contributed by atoms with E-state index in [9.17, 15) is 10.1 Å². The van der Waals surface area contributed by atoms with Crippen LogP contribution in [0.25, 0.3) is 10.8 Å². The topological polar surface area (TPSA) is 94.8 Å². The van der Waals surface area contributed by atoms with Crippen molar-refractivity contribution in [3.8, 4) is 12.1 Å². The Hall–Kier alpha value is -4.16. The molecule has 0 N–H and O–H groups in total. The van der Waals surface area contributed by atoms with Crippen LogP contribution in [0.2, 0.25) is 0 Å². The summed E-state index contributed by atoms with van der Waals surface area (Å²) in [6, 6.07) is 15.3. The van der Waals surface area contributed by atoms with Crippen LogP contribution in [-0.2, 0) is 22.5 Å². The number of benzene rings is 2. The van der Waals surface area contributed by atoms with Crippen LogP contribution >= 0.6 is 0 Å². The van der Waals surface area contributed by atoms with Crippen LogP contribution < -0.4 is 14.5 Å². The zero-order chi connectivity index (χ0) is 28.3. The second-order valence-corrected chi connectivity index (χ2v) is 11.0. The molecule has 1 unspecified atom stereocenters. The van der Waals surface area contributed by atoms with E-state index in [4.69, 9.17) is 19.4 Å². The van der Waals surface area contributed by atoms with E-state index in [0.29, 0.717) is 51.5 Å². The minimum absolute atomic E-state index is 0.143. The molecule has 3 aromatic rings. The van der Waals surface area contributed by atoms with Crippen molar-refractivity contribution in [1.82, 2.24) is 14.9 Å². The maximum absolute atomic E-state index is 12.5. The molecule has 1 aromatic heterocycles. The fourth-order valence-corrected chi connectivity index (χ4v) is 6.01. The average Bonchev–Trinajstić information content (AvgIpc) is 3.83. The molecule has 0 bridgehead atoms. The van der Waals surface area contributed by atoms with Gasteiger partial charge in [-0.15, -0.1) is 0 Å². The van der Waals surface area contributed by atoms with E-state index >= 15 is 0 Å². The van der Waals surface area contributed by atoms with E-state index in [-0.39, 0.29) is 18.4 Å². The number of hydrogen-bond donors (Lipinski definition) is 0. The van der Waals surface area contributed by atoms with Crippen LogP contribution in [0, 0.1) is 18.3 Å². The van der Waals surface area contributed by atoms with Gasteiger partial charge in [0.05, 0.1) is 43.5 Å². The standard InChI is InChI=1S/C32H36N6O3/c1-3-29(39)38-17-16-37(20-24(38)12-14-33)31-26-13-15-36(28-9-5-8-23-7-4-6-22(2)30(23)28)21-27(26)34-32(35-31)41-19-18-40-25-10-11-25/h3-9,24-25H,1,10-13,15-21H2,2H3. The average molecular weight is 553 g/mol. The predicted molar refractivity (Wildman–Crippen MR) is 158 cm³/mol. The lowest BCUT2D eigenvalue weighted by Gasteiger charge is -2.42. The van der Waals surface area contributed by atoms with Crippen LogP contribution in [0.3, 0.4) is 0 Å². The second-order valence-electron chi connectivity index (χ2n) is 11.0. The van der Waals surface area contributed by atoms with Gasteiger partial charge in [0, 0.05) is 42.8 Å². The van der Waals surface area contributed by atoms with Crippen molar-refractivity contribution in [2.75, 3.05) is 49.2 Å². The summed E-state index contributed by atoms with van der Waals surface area (Å²) in [6.45, 7) is 9.82. The monoisotopic (exact) mass is 552 g/mol. The van der Waals surface area contributed by atoms with Crippen LogP contribution in [-0.4, -0.2) is 72.3 Å². The first kappa shape index (κ1) is 27.0. The van der Waals surface area contributed by atoms with Gasteiger partial charge in [0.25, 0.3) is 0 Å². The third-order valence-corrected chi connectivity index (χ3v) is 8.21. The zero-order valence-electron chi connectivity index (χ0n) is 23.6. The van der Waals surface area contributed by atoms with Gasteiger partial charge in [0.15, 0.2) is 0 Å². The lowest BCUT2D eigenvalue weighted by molar-refractivity contribution is -0.128. The maximum Gasteiger partial charge on any atom is 0.318 e. The van der Waals surface area contributed by atoms with Gasteiger partial charge in [-0.1, -0.05) is 36.9 Å². The van der Waals surface area contributed by atoms with Crippen molar-refractivity contribution in [3.63, 3.8) is 0 Å². The number of carbonyl (C=O) groups is 1. The summed E-state index contributed by atoms with van der Waals surface area (Å²) in [7, 11) is 0. The Kier molecular flexibility index (Phi) is 7.75. The van der Waals surface area contributed by atoms with Gasteiger partial charge < -0.3 is 24.2 Å².